The fourth-order valence-electron chi connectivity index (χ4n) is 0.879. The van der Waals surface area contributed by atoms with Crippen LogP contribution in [0.15, 0.2) is 6.20 Å². The van der Waals surface area contributed by atoms with E-state index in [0.29, 0.717) is 5.01 Å². The van der Waals surface area contributed by atoms with E-state index in [2.05, 4.69) is 4.98 Å². The van der Waals surface area contributed by atoms with Crippen molar-refractivity contribution >= 4 is 11.3 Å². The van der Waals surface area contributed by atoms with Gasteiger partial charge in [0.15, 0.2) is 0 Å². The lowest BCUT2D eigenvalue weighted by Crippen LogP contribution is -2.17. The molecule has 0 fully saturated rings. The molecular weight excluding hydrogens is 188 g/mol. The zero-order valence-corrected chi connectivity index (χ0v) is 7.95. The summed E-state index contributed by atoms with van der Waals surface area (Å²) < 4.78 is 0. The zero-order chi connectivity index (χ0) is 9.84. The third kappa shape index (κ3) is 2.49. The Labute approximate surface area is 80.1 Å². The van der Waals surface area contributed by atoms with Crippen LogP contribution in [-0.2, 0) is 0 Å². The third-order valence-corrected chi connectivity index (χ3v) is 2.54. The largest absolute Gasteiger partial charge is 0.389 e. The van der Waals surface area contributed by atoms with Crippen LogP contribution in [0.5, 0.6) is 0 Å². The van der Waals surface area contributed by atoms with E-state index < -0.39 is 12.2 Å². The lowest BCUT2D eigenvalue weighted by atomic mass is 10.1. The van der Waals surface area contributed by atoms with Gasteiger partial charge in [-0.05, 0) is 6.92 Å². The van der Waals surface area contributed by atoms with Crippen LogP contribution in [-0.4, -0.2) is 21.3 Å². The first-order valence-corrected chi connectivity index (χ1v) is 4.62. The number of aromatic nitrogens is 1. The third-order valence-electron chi connectivity index (χ3n) is 1.56. The minimum Gasteiger partial charge on any atom is -0.389 e. The summed E-state index contributed by atoms with van der Waals surface area (Å²) in [6.07, 6.45) is -0.545. The van der Waals surface area contributed by atoms with Gasteiger partial charge in [-0.2, -0.15) is 5.26 Å². The molecule has 1 heterocycles. The highest BCUT2D eigenvalue weighted by Crippen LogP contribution is 2.23. The van der Waals surface area contributed by atoms with Crippen LogP contribution < -0.4 is 0 Å². The molecule has 0 spiro atoms. The van der Waals surface area contributed by atoms with E-state index in [-0.39, 0.29) is 6.42 Å². The second-order valence-electron chi connectivity index (χ2n) is 2.68. The van der Waals surface area contributed by atoms with E-state index in [1.165, 1.54) is 11.3 Å². The molecule has 0 radical (unpaired) electrons. The number of rotatable bonds is 3. The first-order chi connectivity index (χ1) is 6.15. The highest BCUT2D eigenvalue weighted by molar-refractivity contribution is 7.11. The number of hydrogen-bond donors (Lipinski definition) is 2. The van der Waals surface area contributed by atoms with Crippen molar-refractivity contribution in [1.82, 2.24) is 4.98 Å². The fourth-order valence-corrected chi connectivity index (χ4v) is 1.70. The minimum atomic E-state index is -1.05. The molecule has 70 valence electrons. The van der Waals surface area contributed by atoms with Crippen molar-refractivity contribution < 1.29 is 10.2 Å². The summed E-state index contributed by atoms with van der Waals surface area (Å²) in [5.41, 5.74) is 0. The quantitative estimate of drug-likeness (QED) is 0.751. The summed E-state index contributed by atoms with van der Waals surface area (Å²) in [6, 6.07) is 1.79. The van der Waals surface area contributed by atoms with E-state index in [1.807, 2.05) is 6.92 Å². The maximum atomic E-state index is 9.48. The number of nitrogens with zero attached hydrogens (tertiary/aromatic N) is 2. The molecule has 13 heavy (non-hydrogen) atoms. The van der Waals surface area contributed by atoms with Gasteiger partial charge in [-0.1, -0.05) is 0 Å². The van der Waals surface area contributed by atoms with E-state index >= 15 is 0 Å². The molecule has 0 bridgehead atoms. The van der Waals surface area contributed by atoms with Crippen molar-refractivity contribution in [1.29, 1.82) is 5.26 Å². The molecule has 0 saturated heterocycles. The SMILES string of the molecule is Cc1cnc(C(O)C(O)CC#N)s1. The van der Waals surface area contributed by atoms with E-state index in [0.717, 1.165) is 4.88 Å². The van der Waals surface area contributed by atoms with Crippen molar-refractivity contribution in [3.63, 3.8) is 0 Å². The average Bonchev–Trinajstić information content (AvgIpc) is 2.51. The summed E-state index contributed by atoms with van der Waals surface area (Å²) >= 11 is 1.32. The average molecular weight is 198 g/mol. The van der Waals surface area contributed by atoms with Crippen molar-refractivity contribution in [2.24, 2.45) is 0 Å². The van der Waals surface area contributed by atoms with Gasteiger partial charge in [0.25, 0.3) is 0 Å². The summed E-state index contributed by atoms with van der Waals surface area (Å²) in [4.78, 5) is 4.89. The van der Waals surface area contributed by atoms with Crippen LogP contribution >= 0.6 is 11.3 Å². The highest BCUT2D eigenvalue weighted by atomic mass is 32.1. The molecule has 2 N–H and O–H groups in total. The number of aliphatic hydroxyl groups is 2. The standard InChI is InChI=1S/C8H10N2O2S/c1-5-4-10-8(13-5)7(12)6(11)2-3-9/h4,6-7,11-12H,2H2,1H3. The Morgan fingerprint density at radius 3 is 2.85 bits per heavy atom. The van der Waals surface area contributed by atoms with Gasteiger partial charge in [0.2, 0.25) is 0 Å². The predicted octanol–water partition coefficient (Wildman–Crippen LogP) is 0.759. The van der Waals surface area contributed by atoms with Crippen molar-refractivity contribution in [3.8, 4) is 6.07 Å². The fraction of sp³-hybridized carbons (Fsp3) is 0.500. The molecule has 1 aromatic heterocycles. The molecule has 0 amide bonds. The molecule has 0 aliphatic heterocycles. The van der Waals surface area contributed by atoms with Gasteiger partial charge < -0.3 is 10.2 Å². The minimum absolute atomic E-state index is 0.0835. The van der Waals surface area contributed by atoms with Gasteiger partial charge in [0.05, 0.1) is 18.6 Å². The van der Waals surface area contributed by atoms with Gasteiger partial charge in [-0.15, -0.1) is 11.3 Å². The van der Waals surface area contributed by atoms with E-state index in [4.69, 9.17) is 5.26 Å². The topological polar surface area (TPSA) is 77.1 Å². The molecule has 2 unspecified atom stereocenters. The monoisotopic (exact) mass is 198 g/mol. The first-order valence-electron chi connectivity index (χ1n) is 3.80. The Kier molecular flexibility index (Phi) is 3.37. The summed E-state index contributed by atoms with van der Waals surface area (Å²) in [7, 11) is 0. The van der Waals surface area contributed by atoms with Crippen LogP contribution in [0.25, 0.3) is 0 Å². The summed E-state index contributed by atoms with van der Waals surface area (Å²) in [6.45, 7) is 1.87. The Balaban J connectivity index is 2.68. The molecule has 0 aromatic carbocycles. The highest BCUT2D eigenvalue weighted by Gasteiger charge is 2.20. The van der Waals surface area contributed by atoms with Crippen LogP contribution in [0.4, 0.5) is 0 Å². The lowest BCUT2D eigenvalue weighted by molar-refractivity contribution is 0.0215. The van der Waals surface area contributed by atoms with Gasteiger partial charge >= 0.3 is 0 Å². The summed E-state index contributed by atoms with van der Waals surface area (Å²) in [5, 5.41) is 27.5. The van der Waals surface area contributed by atoms with Crippen molar-refractivity contribution in [2.75, 3.05) is 0 Å². The van der Waals surface area contributed by atoms with E-state index in [9.17, 15) is 10.2 Å². The molecule has 0 saturated carbocycles. The van der Waals surface area contributed by atoms with Gasteiger partial charge in [-0.25, -0.2) is 4.98 Å². The summed E-state index contributed by atoms with van der Waals surface area (Å²) in [5.74, 6) is 0. The number of thiazole rings is 1. The van der Waals surface area contributed by atoms with Gasteiger partial charge in [0, 0.05) is 11.1 Å². The van der Waals surface area contributed by atoms with Crippen molar-refractivity contribution in [2.45, 2.75) is 25.6 Å². The zero-order valence-electron chi connectivity index (χ0n) is 7.14. The molecule has 4 nitrogen and oxygen atoms in total. The maximum Gasteiger partial charge on any atom is 0.132 e. The molecular formula is C8H10N2O2S. The molecule has 2 atom stereocenters. The Bertz CT molecular complexity index is 318. The van der Waals surface area contributed by atoms with Gasteiger partial charge in [-0.3, -0.25) is 0 Å². The number of aliphatic hydroxyl groups excluding tert-OH is 2. The number of nitriles is 1. The van der Waals surface area contributed by atoms with Crippen LogP contribution in [0, 0.1) is 18.3 Å². The van der Waals surface area contributed by atoms with Crippen LogP contribution in [0.3, 0.4) is 0 Å². The molecule has 5 heteroatoms. The van der Waals surface area contributed by atoms with E-state index in [1.54, 1.807) is 12.3 Å². The van der Waals surface area contributed by atoms with Crippen LogP contribution in [0.2, 0.25) is 0 Å². The molecule has 0 aliphatic carbocycles. The molecule has 0 aliphatic rings. The molecule has 1 aromatic rings. The normalized spacial score (nSPS) is 14.9. The lowest BCUT2D eigenvalue weighted by Gasteiger charge is -2.11. The second kappa shape index (κ2) is 4.33. The Morgan fingerprint density at radius 2 is 2.38 bits per heavy atom. The molecule has 1 rings (SSSR count). The van der Waals surface area contributed by atoms with Crippen molar-refractivity contribution in [3.05, 3.63) is 16.1 Å². The Hall–Kier alpha value is -0.960. The smallest absolute Gasteiger partial charge is 0.132 e. The van der Waals surface area contributed by atoms with Gasteiger partial charge in [0.1, 0.15) is 11.1 Å². The first kappa shape index (κ1) is 10.1. The number of hydrogen-bond acceptors (Lipinski definition) is 5. The second-order valence-corrected chi connectivity index (χ2v) is 3.95. The maximum absolute atomic E-state index is 9.48. The van der Waals surface area contributed by atoms with Crippen LogP contribution in [0.1, 0.15) is 22.4 Å². The number of aryl methyl sites for hydroxylation is 1. The Morgan fingerprint density at radius 1 is 1.69 bits per heavy atom. The predicted molar refractivity (Wildman–Crippen MR) is 48.0 cm³/mol.